The van der Waals surface area contributed by atoms with E-state index in [1.165, 1.54) is 12.1 Å². The molecule has 6 rings (SSSR count). The maximum absolute atomic E-state index is 14.0. The number of nitrogens with zero attached hydrogens (tertiary/aromatic N) is 2. The topological polar surface area (TPSA) is 113 Å². The van der Waals surface area contributed by atoms with E-state index in [1.54, 1.807) is 0 Å². The van der Waals surface area contributed by atoms with Crippen LogP contribution in [0.4, 0.5) is 5.69 Å². The molecule has 0 amide bonds. The molecular formula is C32H26N2O6S. The third-order valence-corrected chi connectivity index (χ3v) is 8.96. The Bertz CT molecular complexity index is 1930. The number of benzene rings is 4. The van der Waals surface area contributed by atoms with Crippen molar-refractivity contribution in [2.75, 3.05) is 0 Å². The summed E-state index contributed by atoms with van der Waals surface area (Å²) in [6.07, 6.45) is 0.0309. The summed E-state index contributed by atoms with van der Waals surface area (Å²) in [5.41, 5.74) is 4.08. The van der Waals surface area contributed by atoms with Crippen LogP contribution in [0.15, 0.2) is 105 Å². The SMILES string of the molecule is CC(C)(C)c1ccc(C2=C(Cc3cccc(-c4nc5ccccc5o4)c3)S(=O)(=O)c3ccc([N+](=O)[O-])cc3O2)cc1. The number of non-ortho nitro benzene ring substituents is 1. The van der Waals surface area contributed by atoms with E-state index in [0.717, 1.165) is 17.1 Å². The monoisotopic (exact) mass is 566 g/mol. The van der Waals surface area contributed by atoms with Crippen molar-refractivity contribution in [1.29, 1.82) is 0 Å². The van der Waals surface area contributed by atoms with E-state index >= 15 is 0 Å². The fraction of sp³-hybridized carbons (Fsp3) is 0.156. The largest absolute Gasteiger partial charge is 0.454 e. The Morgan fingerprint density at radius 3 is 2.34 bits per heavy atom. The highest BCUT2D eigenvalue weighted by Gasteiger charge is 2.36. The molecule has 2 heterocycles. The van der Waals surface area contributed by atoms with Gasteiger partial charge in [-0.2, -0.15) is 0 Å². The van der Waals surface area contributed by atoms with E-state index in [0.29, 0.717) is 28.2 Å². The second-order valence-corrected chi connectivity index (χ2v) is 12.9. The zero-order valence-electron chi connectivity index (χ0n) is 22.6. The maximum atomic E-state index is 14.0. The Morgan fingerprint density at radius 1 is 0.878 bits per heavy atom. The number of oxazole rings is 1. The van der Waals surface area contributed by atoms with Gasteiger partial charge in [-0.25, -0.2) is 13.4 Å². The van der Waals surface area contributed by atoms with Crippen molar-refractivity contribution < 1.29 is 22.5 Å². The van der Waals surface area contributed by atoms with Crippen LogP contribution in [0, 0.1) is 10.1 Å². The van der Waals surface area contributed by atoms with E-state index in [4.69, 9.17) is 9.15 Å². The average Bonchev–Trinajstić information content (AvgIpc) is 3.39. The lowest BCUT2D eigenvalue weighted by Gasteiger charge is -2.25. The first-order valence-electron chi connectivity index (χ1n) is 13.0. The first kappa shape index (κ1) is 26.5. The molecule has 0 radical (unpaired) electrons. The van der Waals surface area contributed by atoms with Gasteiger partial charge in [0.25, 0.3) is 5.69 Å². The second kappa shape index (κ2) is 9.71. The van der Waals surface area contributed by atoms with Gasteiger partial charge < -0.3 is 9.15 Å². The van der Waals surface area contributed by atoms with Crippen molar-refractivity contribution >= 4 is 32.4 Å². The van der Waals surface area contributed by atoms with Crippen LogP contribution in [-0.2, 0) is 21.7 Å². The van der Waals surface area contributed by atoms with E-state index in [-0.39, 0.29) is 38.8 Å². The number of para-hydroxylation sites is 2. The van der Waals surface area contributed by atoms with E-state index in [2.05, 4.69) is 25.8 Å². The molecule has 0 atom stereocenters. The van der Waals surface area contributed by atoms with Gasteiger partial charge in [0.05, 0.1) is 15.9 Å². The van der Waals surface area contributed by atoms with Crippen LogP contribution in [0.1, 0.15) is 37.5 Å². The van der Waals surface area contributed by atoms with Gasteiger partial charge >= 0.3 is 0 Å². The number of allylic oxidation sites excluding steroid dienone is 1. The van der Waals surface area contributed by atoms with Gasteiger partial charge in [-0.05, 0) is 46.9 Å². The van der Waals surface area contributed by atoms with Crippen LogP contribution < -0.4 is 4.74 Å². The highest BCUT2D eigenvalue weighted by molar-refractivity contribution is 7.95. The van der Waals surface area contributed by atoms with Crippen molar-refractivity contribution in [2.45, 2.75) is 37.5 Å². The van der Waals surface area contributed by atoms with Gasteiger partial charge in [0, 0.05) is 23.6 Å². The first-order valence-corrected chi connectivity index (χ1v) is 14.5. The molecule has 0 bridgehead atoms. The quantitative estimate of drug-likeness (QED) is 0.160. The van der Waals surface area contributed by atoms with E-state index in [1.807, 2.05) is 72.8 Å². The molecule has 0 saturated carbocycles. The van der Waals surface area contributed by atoms with Crippen molar-refractivity contribution in [3.8, 4) is 17.2 Å². The summed E-state index contributed by atoms with van der Waals surface area (Å²) in [4.78, 5) is 15.4. The van der Waals surface area contributed by atoms with Gasteiger partial charge in [0.15, 0.2) is 11.3 Å². The lowest BCUT2D eigenvalue weighted by molar-refractivity contribution is -0.385. The number of rotatable bonds is 5. The Morgan fingerprint density at radius 2 is 1.63 bits per heavy atom. The number of fused-ring (bicyclic) bond motifs is 2. The molecular weight excluding hydrogens is 540 g/mol. The molecule has 0 unspecified atom stereocenters. The highest BCUT2D eigenvalue weighted by atomic mass is 32.2. The molecule has 206 valence electrons. The van der Waals surface area contributed by atoms with E-state index < -0.39 is 14.8 Å². The van der Waals surface area contributed by atoms with Crippen LogP contribution in [0.3, 0.4) is 0 Å². The minimum atomic E-state index is -4.06. The molecule has 4 aromatic carbocycles. The van der Waals surface area contributed by atoms with Gasteiger partial charge in [-0.1, -0.05) is 69.3 Å². The molecule has 0 saturated heterocycles. The molecule has 0 fully saturated rings. The molecule has 1 aromatic heterocycles. The number of nitro groups is 1. The molecule has 1 aliphatic heterocycles. The van der Waals surface area contributed by atoms with Gasteiger partial charge in [-0.3, -0.25) is 10.1 Å². The molecule has 41 heavy (non-hydrogen) atoms. The lowest BCUT2D eigenvalue weighted by Crippen LogP contribution is -2.19. The molecule has 8 nitrogen and oxygen atoms in total. The fourth-order valence-electron chi connectivity index (χ4n) is 4.85. The number of sulfone groups is 1. The second-order valence-electron chi connectivity index (χ2n) is 10.9. The molecule has 0 spiro atoms. The fourth-order valence-corrected chi connectivity index (χ4v) is 6.48. The summed E-state index contributed by atoms with van der Waals surface area (Å²) in [6, 6.07) is 25.9. The van der Waals surface area contributed by atoms with Crippen molar-refractivity contribution in [1.82, 2.24) is 4.98 Å². The highest BCUT2D eigenvalue weighted by Crippen LogP contribution is 2.43. The molecule has 0 aliphatic carbocycles. The van der Waals surface area contributed by atoms with Crippen molar-refractivity contribution in [3.05, 3.63) is 123 Å². The minimum Gasteiger partial charge on any atom is -0.454 e. The summed E-state index contributed by atoms with van der Waals surface area (Å²) in [7, 11) is -4.06. The predicted octanol–water partition coefficient (Wildman–Crippen LogP) is 7.48. The average molecular weight is 567 g/mol. The zero-order valence-corrected chi connectivity index (χ0v) is 23.4. The number of aromatic nitrogens is 1. The Balaban J connectivity index is 1.47. The molecule has 9 heteroatoms. The summed E-state index contributed by atoms with van der Waals surface area (Å²) in [5.74, 6) is 0.504. The first-order chi connectivity index (χ1) is 19.5. The number of nitro benzene ring substituents is 1. The number of ether oxygens (including phenoxy) is 1. The Hall–Kier alpha value is -4.76. The summed E-state index contributed by atoms with van der Waals surface area (Å²) < 4.78 is 40.2. The number of hydrogen-bond acceptors (Lipinski definition) is 7. The summed E-state index contributed by atoms with van der Waals surface area (Å²) >= 11 is 0. The van der Waals surface area contributed by atoms with Crippen LogP contribution in [0.5, 0.6) is 5.75 Å². The third kappa shape index (κ3) is 4.89. The predicted molar refractivity (Wildman–Crippen MR) is 156 cm³/mol. The van der Waals surface area contributed by atoms with Crippen LogP contribution >= 0.6 is 0 Å². The summed E-state index contributed by atoms with van der Waals surface area (Å²) in [6.45, 7) is 6.27. The molecule has 1 aliphatic rings. The smallest absolute Gasteiger partial charge is 0.273 e. The summed E-state index contributed by atoms with van der Waals surface area (Å²) in [5, 5.41) is 11.4. The molecule has 5 aromatic rings. The number of hydrogen-bond donors (Lipinski definition) is 0. The maximum Gasteiger partial charge on any atom is 0.273 e. The standard InChI is InChI=1S/C32H26N2O6S/c1-32(2,3)23-13-11-21(12-14-23)30-29(41(37,38)28-16-15-24(34(35)36)19-27(28)39-30)18-20-7-6-8-22(17-20)31-33-25-9-4-5-10-26(25)40-31/h4-17,19H,18H2,1-3H3. The Kier molecular flexibility index (Phi) is 6.26. The van der Waals surface area contributed by atoms with Gasteiger partial charge in [0.2, 0.25) is 15.7 Å². The zero-order chi connectivity index (χ0) is 28.9. The minimum absolute atomic E-state index is 0.0309. The Labute approximate surface area is 237 Å². The van der Waals surface area contributed by atoms with E-state index in [9.17, 15) is 18.5 Å². The molecule has 0 N–H and O–H groups in total. The third-order valence-electron chi connectivity index (χ3n) is 7.06. The normalized spacial score (nSPS) is 14.5. The van der Waals surface area contributed by atoms with Crippen LogP contribution in [0.2, 0.25) is 0 Å². The van der Waals surface area contributed by atoms with Gasteiger partial charge in [-0.15, -0.1) is 0 Å². The van der Waals surface area contributed by atoms with Crippen LogP contribution in [0.25, 0.3) is 28.3 Å². The van der Waals surface area contributed by atoms with Gasteiger partial charge in [0.1, 0.15) is 16.2 Å². The van der Waals surface area contributed by atoms with Crippen LogP contribution in [-0.4, -0.2) is 18.3 Å². The van der Waals surface area contributed by atoms with Crippen molar-refractivity contribution in [2.24, 2.45) is 0 Å². The van der Waals surface area contributed by atoms with Crippen molar-refractivity contribution in [3.63, 3.8) is 0 Å². The lowest BCUT2D eigenvalue weighted by atomic mass is 9.86.